The first kappa shape index (κ1) is 20.2. The first-order chi connectivity index (χ1) is 14.4. The number of imidazole rings is 1. The number of rotatable bonds is 5. The lowest BCUT2D eigenvalue weighted by molar-refractivity contribution is -0.137. The Hall–Kier alpha value is -3.09. The molecule has 0 atom stereocenters. The monoisotopic (exact) mass is 413 g/mol. The molecular formula is C23H22F3N3O. The summed E-state index contributed by atoms with van der Waals surface area (Å²) in [5.41, 5.74) is 1.96. The van der Waals surface area contributed by atoms with E-state index in [2.05, 4.69) is 14.9 Å². The summed E-state index contributed by atoms with van der Waals surface area (Å²) >= 11 is 0. The van der Waals surface area contributed by atoms with E-state index in [0.29, 0.717) is 17.7 Å². The SMILES string of the molecule is O=C(NCCc1cccc(C(F)(F)F)c1)c1nc2n(c1-c1ccccc1)CCCC2. The smallest absolute Gasteiger partial charge is 0.350 e. The van der Waals surface area contributed by atoms with Gasteiger partial charge in [0.15, 0.2) is 5.69 Å². The molecule has 1 N–H and O–H groups in total. The minimum Gasteiger partial charge on any atom is -0.350 e. The third kappa shape index (κ3) is 4.25. The van der Waals surface area contributed by atoms with Crippen LogP contribution in [0.15, 0.2) is 54.6 Å². The minimum atomic E-state index is -4.38. The Kier molecular flexibility index (Phi) is 5.61. The van der Waals surface area contributed by atoms with E-state index in [4.69, 9.17) is 0 Å². The fraction of sp³-hybridized carbons (Fsp3) is 0.304. The number of fused-ring (bicyclic) bond motifs is 1. The molecule has 3 aromatic rings. The summed E-state index contributed by atoms with van der Waals surface area (Å²) in [5.74, 6) is 0.603. The Bertz CT molecular complexity index is 1040. The van der Waals surface area contributed by atoms with Gasteiger partial charge < -0.3 is 9.88 Å². The molecule has 0 radical (unpaired) electrons. The van der Waals surface area contributed by atoms with E-state index in [0.717, 1.165) is 55.0 Å². The van der Waals surface area contributed by atoms with E-state index in [9.17, 15) is 18.0 Å². The van der Waals surface area contributed by atoms with Crippen LogP contribution in [0.3, 0.4) is 0 Å². The maximum atomic E-state index is 12.9. The van der Waals surface area contributed by atoms with E-state index in [1.165, 1.54) is 6.07 Å². The van der Waals surface area contributed by atoms with Crippen molar-refractivity contribution in [2.75, 3.05) is 6.54 Å². The second-order valence-corrected chi connectivity index (χ2v) is 7.40. The summed E-state index contributed by atoms with van der Waals surface area (Å²) < 4.78 is 40.7. The summed E-state index contributed by atoms with van der Waals surface area (Å²) in [7, 11) is 0. The van der Waals surface area contributed by atoms with Gasteiger partial charge in [-0.25, -0.2) is 4.98 Å². The molecule has 7 heteroatoms. The molecule has 0 bridgehead atoms. The number of hydrogen-bond donors (Lipinski definition) is 1. The van der Waals surface area contributed by atoms with Crippen LogP contribution in [0.25, 0.3) is 11.3 Å². The zero-order valence-corrected chi connectivity index (χ0v) is 16.4. The lowest BCUT2D eigenvalue weighted by Gasteiger charge is -2.16. The minimum absolute atomic E-state index is 0.233. The Morgan fingerprint density at radius 3 is 2.63 bits per heavy atom. The van der Waals surface area contributed by atoms with Gasteiger partial charge in [0.05, 0.1) is 11.3 Å². The number of benzene rings is 2. The quantitative estimate of drug-likeness (QED) is 0.648. The molecule has 0 saturated heterocycles. The lowest BCUT2D eigenvalue weighted by Crippen LogP contribution is -2.26. The number of amides is 1. The van der Waals surface area contributed by atoms with Crippen molar-refractivity contribution in [3.63, 3.8) is 0 Å². The molecule has 2 aromatic carbocycles. The first-order valence-corrected chi connectivity index (χ1v) is 10.0. The van der Waals surface area contributed by atoms with Crippen LogP contribution in [-0.4, -0.2) is 22.0 Å². The van der Waals surface area contributed by atoms with Crippen molar-refractivity contribution >= 4 is 5.91 Å². The van der Waals surface area contributed by atoms with Gasteiger partial charge in [0.2, 0.25) is 0 Å². The number of carbonyl (C=O) groups excluding carboxylic acids is 1. The van der Waals surface area contributed by atoms with Gasteiger partial charge in [0, 0.05) is 25.1 Å². The number of alkyl halides is 3. The molecule has 1 aromatic heterocycles. The molecule has 2 heterocycles. The van der Waals surface area contributed by atoms with Crippen molar-refractivity contribution in [3.05, 3.63) is 77.2 Å². The van der Waals surface area contributed by atoms with Gasteiger partial charge in [-0.1, -0.05) is 48.5 Å². The molecule has 0 fully saturated rings. The van der Waals surface area contributed by atoms with Gasteiger partial charge in [-0.2, -0.15) is 13.2 Å². The number of halogens is 3. The van der Waals surface area contributed by atoms with Crippen molar-refractivity contribution in [3.8, 4) is 11.3 Å². The summed E-state index contributed by atoms with van der Waals surface area (Å²) in [6.07, 6.45) is -1.15. The van der Waals surface area contributed by atoms with E-state index in [1.807, 2.05) is 30.3 Å². The Morgan fingerprint density at radius 1 is 1.07 bits per heavy atom. The van der Waals surface area contributed by atoms with E-state index >= 15 is 0 Å². The number of aromatic nitrogens is 2. The van der Waals surface area contributed by atoms with Crippen LogP contribution < -0.4 is 5.32 Å². The van der Waals surface area contributed by atoms with Crippen molar-refractivity contribution in [1.82, 2.24) is 14.9 Å². The Labute approximate surface area is 172 Å². The predicted octanol–water partition coefficient (Wildman–Crippen LogP) is 4.88. The van der Waals surface area contributed by atoms with E-state index < -0.39 is 11.7 Å². The molecule has 1 aliphatic heterocycles. The van der Waals surface area contributed by atoms with Gasteiger partial charge in [-0.05, 0) is 30.9 Å². The second kappa shape index (κ2) is 8.34. The lowest BCUT2D eigenvalue weighted by atomic mass is 10.1. The number of carbonyl (C=O) groups is 1. The topological polar surface area (TPSA) is 46.9 Å². The molecule has 156 valence electrons. The van der Waals surface area contributed by atoms with Crippen LogP contribution in [0.2, 0.25) is 0 Å². The fourth-order valence-corrected chi connectivity index (χ4v) is 3.84. The number of nitrogens with zero attached hydrogens (tertiary/aromatic N) is 2. The summed E-state index contributed by atoms with van der Waals surface area (Å²) in [4.78, 5) is 17.5. The number of hydrogen-bond acceptors (Lipinski definition) is 2. The van der Waals surface area contributed by atoms with Crippen LogP contribution in [0.1, 0.15) is 40.3 Å². The van der Waals surface area contributed by atoms with Gasteiger partial charge in [-0.15, -0.1) is 0 Å². The zero-order valence-electron chi connectivity index (χ0n) is 16.4. The van der Waals surface area contributed by atoms with Gasteiger partial charge in [0.1, 0.15) is 5.82 Å². The fourth-order valence-electron chi connectivity index (χ4n) is 3.84. The number of aryl methyl sites for hydroxylation is 1. The molecule has 1 amide bonds. The zero-order chi connectivity index (χ0) is 21.1. The molecule has 4 nitrogen and oxygen atoms in total. The van der Waals surface area contributed by atoms with Crippen molar-refractivity contribution in [1.29, 1.82) is 0 Å². The highest BCUT2D eigenvalue weighted by molar-refractivity contribution is 5.98. The molecule has 0 aliphatic carbocycles. The molecule has 0 spiro atoms. The van der Waals surface area contributed by atoms with Gasteiger partial charge in [-0.3, -0.25) is 4.79 Å². The second-order valence-electron chi connectivity index (χ2n) is 7.40. The molecule has 4 rings (SSSR count). The van der Waals surface area contributed by atoms with Gasteiger partial charge >= 0.3 is 6.18 Å². The standard InChI is InChI=1S/C23H22F3N3O/c24-23(25,26)18-10-6-7-16(15-18)12-13-27-22(30)20-21(17-8-2-1-3-9-17)29-14-5-4-11-19(29)28-20/h1-3,6-10,15H,4-5,11-14H2,(H,27,30). The maximum Gasteiger partial charge on any atom is 0.416 e. The van der Waals surface area contributed by atoms with Crippen molar-refractivity contribution in [2.24, 2.45) is 0 Å². The number of nitrogens with one attached hydrogen (secondary N) is 1. The predicted molar refractivity (Wildman–Crippen MR) is 108 cm³/mol. The molecule has 30 heavy (non-hydrogen) atoms. The van der Waals surface area contributed by atoms with Crippen LogP contribution >= 0.6 is 0 Å². The van der Waals surface area contributed by atoms with E-state index in [1.54, 1.807) is 6.07 Å². The summed E-state index contributed by atoms with van der Waals surface area (Å²) in [6.45, 7) is 1.06. The highest BCUT2D eigenvalue weighted by atomic mass is 19.4. The Balaban J connectivity index is 1.51. The normalized spacial score (nSPS) is 13.7. The Morgan fingerprint density at radius 2 is 1.87 bits per heavy atom. The summed E-state index contributed by atoms with van der Waals surface area (Å²) in [6, 6.07) is 14.9. The summed E-state index contributed by atoms with van der Waals surface area (Å²) in [5, 5.41) is 2.83. The van der Waals surface area contributed by atoms with Crippen LogP contribution in [0, 0.1) is 0 Å². The van der Waals surface area contributed by atoms with Gasteiger partial charge in [0.25, 0.3) is 5.91 Å². The average Bonchev–Trinajstić information content (AvgIpc) is 3.14. The third-order valence-electron chi connectivity index (χ3n) is 5.29. The average molecular weight is 413 g/mol. The van der Waals surface area contributed by atoms with Crippen LogP contribution in [0.4, 0.5) is 13.2 Å². The van der Waals surface area contributed by atoms with Crippen molar-refractivity contribution in [2.45, 2.75) is 38.4 Å². The third-order valence-corrected chi connectivity index (χ3v) is 5.29. The molecule has 0 unspecified atom stereocenters. The molecule has 0 saturated carbocycles. The largest absolute Gasteiger partial charge is 0.416 e. The highest BCUT2D eigenvalue weighted by Gasteiger charge is 2.30. The molecular weight excluding hydrogens is 391 g/mol. The molecule has 1 aliphatic rings. The van der Waals surface area contributed by atoms with E-state index in [-0.39, 0.29) is 12.5 Å². The maximum absolute atomic E-state index is 12.9. The van der Waals surface area contributed by atoms with Crippen LogP contribution in [-0.2, 0) is 25.6 Å². The van der Waals surface area contributed by atoms with Crippen LogP contribution in [0.5, 0.6) is 0 Å². The highest BCUT2D eigenvalue weighted by Crippen LogP contribution is 2.30. The first-order valence-electron chi connectivity index (χ1n) is 10.0. The van der Waals surface area contributed by atoms with Crippen molar-refractivity contribution < 1.29 is 18.0 Å².